The zero-order valence-corrected chi connectivity index (χ0v) is 28.7. The minimum Gasteiger partial charge on any atom is -0.450 e. The van der Waals surface area contributed by atoms with Gasteiger partial charge in [0.1, 0.15) is 0 Å². The van der Waals surface area contributed by atoms with Crippen LogP contribution in [0.2, 0.25) is 25.7 Å². The quantitative estimate of drug-likeness (QED) is 0.150. The van der Waals surface area contributed by atoms with Crippen molar-refractivity contribution in [2.24, 2.45) is 17.8 Å². The molecule has 0 heterocycles. The zero-order chi connectivity index (χ0) is 31.3. The summed E-state index contributed by atoms with van der Waals surface area (Å²) in [6, 6.07) is 10.9. The second-order valence-corrected chi connectivity index (χ2v) is 20.2. The van der Waals surface area contributed by atoms with Gasteiger partial charge in [0, 0.05) is 47.3 Å². The maximum Gasteiger partial charge on any atom is 0.409 e. The number of benzene rings is 1. The molecule has 2 aliphatic rings. The van der Waals surface area contributed by atoms with Gasteiger partial charge in [0.15, 0.2) is 0 Å². The van der Waals surface area contributed by atoms with Gasteiger partial charge in [-0.3, -0.25) is 4.79 Å². The standard InChI is InChI=1S/C35H60N2O5Si/c1-37(34(39)42-23-24-43(3,4)5)27-32(25-28-15-8-6-9-16-28)36-33(38)29-17-14-20-31(26-29)35(40,21-12-13-22-41-2)30-18-10-7-11-19-30/h7,10-11,18-19,28-29,31-32,40H,6,8-9,12-17,20-27H2,1-5H3,(H,36,38)/t29?,31?,32-,35?/m0/s1. The third kappa shape index (κ3) is 11.8. The first-order valence-corrected chi connectivity index (χ1v) is 20.7. The molecule has 0 saturated heterocycles. The van der Waals surface area contributed by atoms with Gasteiger partial charge in [-0.2, -0.15) is 0 Å². The molecule has 0 aliphatic heterocycles. The van der Waals surface area contributed by atoms with Crippen LogP contribution in [0.4, 0.5) is 4.79 Å². The van der Waals surface area contributed by atoms with Gasteiger partial charge in [-0.05, 0) is 68.4 Å². The lowest BCUT2D eigenvalue weighted by Crippen LogP contribution is -2.49. The lowest BCUT2D eigenvalue weighted by molar-refractivity contribution is -0.129. The Morgan fingerprint density at radius 3 is 2.42 bits per heavy atom. The number of methoxy groups -OCH3 is 1. The summed E-state index contributed by atoms with van der Waals surface area (Å²) in [4.78, 5) is 28.3. The highest BCUT2D eigenvalue weighted by molar-refractivity contribution is 6.76. The fourth-order valence-electron chi connectivity index (χ4n) is 7.10. The molecule has 4 atom stereocenters. The molecule has 2 aliphatic carbocycles. The third-order valence-corrected chi connectivity index (χ3v) is 11.4. The zero-order valence-electron chi connectivity index (χ0n) is 27.7. The van der Waals surface area contributed by atoms with Crippen LogP contribution >= 0.6 is 0 Å². The lowest BCUT2D eigenvalue weighted by Gasteiger charge is -2.41. The normalized spacial score (nSPS) is 21.9. The summed E-state index contributed by atoms with van der Waals surface area (Å²) in [5.74, 6) is 0.518. The number of likely N-dealkylation sites (N-methyl/N-ethyl adjacent to an activating group) is 1. The topological polar surface area (TPSA) is 88.1 Å². The number of nitrogens with one attached hydrogen (secondary N) is 1. The summed E-state index contributed by atoms with van der Waals surface area (Å²) in [7, 11) is 2.21. The summed E-state index contributed by atoms with van der Waals surface area (Å²) in [6.07, 6.45) is 12.5. The van der Waals surface area contributed by atoms with Crippen LogP contribution in [0.25, 0.3) is 0 Å². The Kier molecular flexibility index (Phi) is 14.5. The Bertz CT molecular complexity index is 965. The molecule has 0 radical (unpaired) electrons. The van der Waals surface area contributed by atoms with Gasteiger partial charge in [0.25, 0.3) is 0 Å². The van der Waals surface area contributed by atoms with E-state index in [1.165, 1.54) is 32.1 Å². The molecule has 1 aromatic carbocycles. The molecule has 0 aromatic heterocycles. The molecule has 0 spiro atoms. The van der Waals surface area contributed by atoms with Crippen molar-refractivity contribution in [2.75, 3.05) is 33.9 Å². The smallest absolute Gasteiger partial charge is 0.409 e. The van der Waals surface area contributed by atoms with Crippen LogP contribution in [-0.4, -0.2) is 70.0 Å². The Balaban J connectivity index is 1.67. The van der Waals surface area contributed by atoms with Gasteiger partial charge in [-0.1, -0.05) is 88.5 Å². The van der Waals surface area contributed by atoms with E-state index in [4.69, 9.17) is 9.47 Å². The number of nitrogens with zero attached hydrogens (tertiary/aromatic N) is 1. The average Bonchev–Trinajstić information content (AvgIpc) is 2.99. The summed E-state index contributed by atoms with van der Waals surface area (Å²) in [6.45, 7) is 8.42. The van der Waals surface area contributed by atoms with Gasteiger partial charge < -0.3 is 24.8 Å². The van der Waals surface area contributed by atoms with Crippen LogP contribution < -0.4 is 5.32 Å². The fourth-order valence-corrected chi connectivity index (χ4v) is 7.81. The fraction of sp³-hybridized carbons (Fsp3) is 0.771. The van der Waals surface area contributed by atoms with Gasteiger partial charge in [-0.25, -0.2) is 4.79 Å². The number of hydrogen-bond acceptors (Lipinski definition) is 5. The van der Waals surface area contributed by atoms with Crippen molar-refractivity contribution >= 4 is 20.1 Å². The highest BCUT2D eigenvalue weighted by Gasteiger charge is 2.42. The summed E-state index contributed by atoms with van der Waals surface area (Å²) < 4.78 is 10.9. The van der Waals surface area contributed by atoms with Crippen LogP contribution in [-0.2, 0) is 19.9 Å². The van der Waals surface area contributed by atoms with E-state index in [1.54, 1.807) is 19.1 Å². The molecule has 8 heteroatoms. The van der Waals surface area contributed by atoms with Crippen molar-refractivity contribution < 1.29 is 24.2 Å². The Morgan fingerprint density at radius 2 is 1.74 bits per heavy atom. The number of amides is 2. The van der Waals surface area contributed by atoms with Crippen LogP contribution in [0.15, 0.2) is 30.3 Å². The molecule has 2 amide bonds. The molecule has 0 bridgehead atoms. The predicted molar refractivity (Wildman–Crippen MR) is 177 cm³/mol. The number of unbranched alkanes of at least 4 members (excludes halogenated alkanes) is 1. The second kappa shape index (κ2) is 17.5. The molecule has 7 nitrogen and oxygen atoms in total. The van der Waals surface area contributed by atoms with E-state index in [1.807, 2.05) is 30.3 Å². The van der Waals surface area contributed by atoms with Crippen molar-refractivity contribution in [3.05, 3.63) is 35.9 Å². The second-order valence-electron chi connectivity index (χ2n) is 14.6. The minimum atomic E-state index is -1.29. The van der Waals surface area contributed by atoms with Crippen molar-refractivity contribution in [3.8, 4) is 0 Å². The first kappa shape index (κ1) is 35.6. The number of hydrogen-bond donors (Lipinski definition) is 2. The van der Waals surface area contributed by atoms with Crippen molar-refractivity contribution in [2.45, 2.75) is 121 Å². The van der Waals surface area contributed by atoms with E-state index in [0.29, 0.717) is 38.5 Å². The SMILES string of the molecule is COCCCCC(O)(c1ccccc1)C1CCCC(C(=O)N[C@@H](CC2CCCCC2)CN(C)C(=O)OCC[Si](C)(C)C)C1. The van der Waals surface area contributed by atoms with E-state index >= 15 is 0 Å². The molecule has 2 saturated carbocycles. The molecule has 3 unspecified atom stereocenters. The molecule has 2 fully saturated rings. The molecule has 2 N–H and O–H groups in total. The highest BCUT2D eigenvalue weighted by atomic mass is 28.3. The Labute approximate surface area is 262 Å². The van der Waals surface area contributed by atoms with Crippen LogP contribution in [0.1, 0.15) is 89.0 Å². The van der Waals surface area contributed by atoms with Crippen LogP contribution in [0.3, 0.4) is 0 Å². The predicted octanol–water partition coefficient (Wildman–Crippen LogP) is 7.36. The van der Waals surface area contributed by atoms with Crippen molar-refractivity contribution in [3.63, 3.8) is 0 Å². The largest absolute Gasteiger partial charge is 0.450 e. The maximum absolute atomic E-state index is 13.9. The van der Waals surface area contributed by atoms with Gasteiger partial charge in [0.05, 0.1) is 12.2 Å². The van der Waals surface area contributed by atoms with E-state index in [-0.39, 0.29) is 29.9 Å². The highest BCUT2D eigenvalue weighted by Crippen LogP contribution is 2.44. The summed E-state index contributed by atoms with van der Waals surface area (Å²) in [5.41, 5.74) is -0.0158. The number of ether oxygens (including phenoxy) is 2. The number of rotatable bonds is 16. The maximum atomic E-state index is 13.9. The number of aliphatic hydroxyl groups is 1. The molecule has 43 heavy (non-hydrogen) atoms. The Morgan fingerprint density at radius 1 is 1.02 bits per heavy atom. The minimum absolute atomic E-state index is 0.0164. The molecular weight excluding hydrogens is 556 g/mol. The third-order valence-electron chi connectivity index (χ3n) is 9.72. The van der Waals surface area contributed by atoms with Crippen molar-refractivity contribution in [1.82, 2.24) is 10.2 Å². The van der Waals surface area contributed by atoms with E-state index < -0.39 is 13.7 Å². The molecule has 1 aromatic rings. The number of carbonyl (C=O) groups excluding carboxylic acids is 2. The summed E-state index contributed by atoms with van der Waals surface area (Å²) in [5, 5.41) is 15.6. The molecule has 3 rings (SSSR count). The van der Waals surface area contributed by atoms with Crippen LogP contribution in [0.5, 0.6) is 0 Å². The summed E-state index contributed by atoms with van der Waals surface area (Å²) >= 11 is 0. The number of carbonyl (C=O) groups is 2. The van der Waals surface area contributed by atoms with Crippen molar-refractivity contribution in [1.29, 1.82) is 0 Å². The first-order valence-electron chi connectivity index (χ1n) is 17.0. The Hall–Kier alpha value is -1.90. The lowest BCUT2D eigenvalue weighted by atomic mass is 9.68. The van der Waals surface area contributed by atoms with Gasteiger partial charge in [-0.15, -0.1) is 0 Å². The first-order chi connectivity index (χ1) is 20.5. The molecule has 244 valence electrons. The van der Waals surface area contributed by atoms with E-state index in [0.717, 1.165) is 50.1 Å². The van der Waals surface area contributed by atoms with E-state index in [2.05, 4.69) is 25.0 Å². The van der Waals surface area contributed by atoms with Gasteiger partial charge >= 0.3 is 6.09 Å². The monoisotopic (exact) mass is 616 g/mol. The molecular formula is C35H60N2O5Si. The van der Waals surface area contributed by atoms with Crippen LogP contribution in [0, 0.1) is 17.8 Å². The van der Waals surface area contributed by atoms with E-state index in [9.17, 15) is 14.7 Å². The average molecular weight is 617 g/mol. The van der Waals surface area contributed by atoms with Gasteiger partial charge in [0.2, 0.25) is 5.91 Å².